The van der Waals surface area contributed by atoms with Crippen LogP contribution in [-0.2, 0) is 14.3 Å². The number of hydrogen-bond acceptors (Lipinski definition) is 4. The van der Waals surface area contributed by atoms with E-state index in [9.17, 15) is 9.59 Å². The van der Waals surface area contributed by atoms with Crippen LogP contribution in [0.25, 0.3) is 0 Å². The number of rotatable bonds is 3. The maximum atomic E-state index is 11.7. The summed E-state index contributed by atoms with van der Waals surface area (Å²) in [6.45, 7) is 7.75. The molecular weight excluding hydrogens is 238 g/mol. The second-order valence-electron chi connectivity index (χ2n) is 5.45. The summed E-state index contributed by atoms with van der Waals surface area (Å²) in [5, 5.41) is 8.81. The average molecular weight is 259 g/mol. The van der Waals surface area contributed by atoms with Crippen LogP contribution in [0.5, 0.6) is 0 Å². The van der Waals surface area contributed by atoms with Crippen molar-refractivity contribution in [1.29, 1.82) is 0 Å². The van der Waals surface area contributed by atoms with Crippen LogP contribution < -0.4 is 0 Å². The normalized spacial score (nSPS) is 21.8. The van der Waals surface area contributed by atoms with Gasteiger partial charge in [0.05, 0.1) is 12.6 Å². The predicted octanol–water partition coefficient (Wildman–Crippen LogP) is 1.49. The fraction of sp³-hybridized carbons (Fsp3) is 0.833. The fourth-order valence-electron chi connectivity index (χ4n) is 1.74. The third-order valence-corrected chi connectivity index (χ3v) is 2.55. The van der Waals surface area contributed by atoms with Crippen molar-refractivity contribution >= 4 is 12.1 Å². The second-order valence-corrected chi connectivity index (χ2v) is 5.45. The predicted molar refractivity (Wildman–Crippen MR) is 64.4 cm³/mol. The van der Waals surface area contributed by atoms with Crippen molar-refractivity contribution in [1.82, 2.24) is 4.90 Å². The van der Waals surface area contributed by atoms with Crippen LogP contribution in [-0.4, -0.2) is 53.0 Å². The van der Waals surface area contributed by atoms with Crippen LogP contribution >= 0.6 is 0 Å². The Labute approximate surface area is 107 Å². The number of amides is 1. The number of ether oxygens (including phenoxy) is 2. The van der Waals surface area contributed by atoms with Crippen LogP contribution in [0.15, 0.2) is 0 Å². The Balaban J connectivity index is 2.39. The maximum absolute atomic E-state index is 11.7. The fourth-order valence-corrected chi connectivity index (χ4v) is 1.74. The summed E-state index contributed by atoms with van der Waals surface area (Å²) in [6.07, 6.45) is -1.25. The summed E-state index contributed by atoms with van der Waals surface area (Å²) in [5.41, 5.74) is -0.544. The molecule has 1 amide bonds. The lowest BCUT2D eigenvalue weighted by Gasteiger charge is -2.24. The minimum absolute atomic E-state index is 0.233. The van der Waals surface area contributed by atoms with Gasteiger partial charge < -0.3 is 19.5 Å². The first-order valence-corrected chi connectivity index (χ1v) is 6.05. The Hall–Kier alpha value is -1.30. The van der Waals surface area contributed by atoms with E-state index in [1.165, 1.54) is 4.90 Å². The maximum Gasteiger partial charge on any atom is 0.407 e. The summed E-state index contributed by atoms with van der Waals surface area (Å²) in [5.74, 6) is -0.420. The van der Waals surface area contributed by atoms with Crippen molar-refractivity contribution in [2.24, 2.45) is 0 Å². The molecule has 0 saturated carbocycles. The highest BCUT2D eigenvalue weighted by Gasteiger charge is 2.30. The van der Waals surface area contributed by atoms with Crippen molar-refractivity contribution < 1.29 is 24.2 Å². The molecule has 1 rings (SSSR count). The summed E-state index contributed by atoms with van der Waals surface area (Å²) in [7, 11) is 0. The van der Waals surface area contributed by atoms with Crippen LogP contribution in [0.1, 0.15) is 34.1 Å². The molecule has 0 bridgehead atoms. The largest absolute Gasteiger partial charge is 0.465 e. The van der Waals surface area contributed by atoms with Gasteiger partial charge in [-0.05, 0) is 34.1 Å². The van der Waals surface area contributed by atoms with E-state index >= 15 is 0 Å². The van der Waals surface area contributed by atoms with Crippen LogP contribution in [0.3, 0.4) is 0 Å². The van der Waals surface area contributed by atoms with E-state index < -0.39 is 23.8 Å². The van der Waals surface area contributed by atoms with Gasteiger partial charge in [-0.2, -0.15) is 0 Å². The van der Waals surface area contributed by atoms with Gasteiger partial charge in [0.1, 0.15) is 5.60 Å². The van der Waals surface area contributed by atoms with Crippen LogP contribution in [0.4, 0.5) is 4.79 Å². The lowest BCUT2D eigenvalue weighted by Crippen LogP contribution is -2.35. The standard InChI is InChI=1S/C12H21NO5/c1-8(10(14)18-12(2,3)4)17-9-5-6-13(7-9)11(15)16/h8-9H,5-7H2,1-4H3,(H,15,16)/t8?,9-/m0/s1. The van der Waals surface area contributed by atoms with E-state index in [1.54, 1.807) is 27.7 Å². The van der Waals surface area contributed by atoms with Crippen molar-refractivity contribution in [3.8, 4) is 0 Å². The lowest BCUT2D eigenvalue weighted by atomic mass is 10.2. The number of carboxylic acid groups (broad SMARTS) is 1. The summed E-state index contributed by atoms with van der Waals surface area (Å²) in [4.78, 5) is 23.7. The zero-order valence-corrected chi connectivity index (χ0v) is 11.3. The lowest BCUT2D eigenvalue weighted by molar-refractivity contribution is -0.170. The molecule has 1 fully saturated rings. The summed E-state index contributed by atoms with van der Waals surface area (Å²) < 4.78 is 10.7. The van der Waals surface area contributed by atoms with Crippen molar-refractivity contribution in [3.63, 3.8) is 0 Å². The molecule has 1 aliphatic heterocycles. The third kappa shape index (κ3) is 4.52. The van der Waals surface area contributed by atoms with Crippen molar-refractivity contribution in [2.75, 3.05) is 13.1 Å². The third-order valence-electron chi connectivity index (χ3n) is 2.55. The SMILES string of the molecule is CC(O[C@H]1CCN(C(=O)O)C1)C(=O)OC(C)(C)C. The average Bonchev–Trinajstić information content (AvgIpc) is 2.63. The molecule has 104 valence electrons. The molecule has 0 aromatic rings. The molecule has 0 radical (unpaired) electrons. The first kappa shape index (κ1) is 14.8. The topological polar surface area (TPSA) is 76.1 Å². The molecule has 18 heavy (non-hydrogen) atoms. The molecule has 1 N–H and O–H groups in total. The Bertz CT molecular complexity index is 323. The van der Waals surface area contributed by atoms with Crippen molar-refractivity contribution in [3.05, 3.63) is 0 Å². The summed E-state index contributed by atoms with van der Waals surface area (Å²) >= 11 is 0. The van der Waals surface area contributed by atoms with E-state index in [4.69, 9.17) is 14.6 Å². The van der Waals surface area contributed by atoms with Gasteiger partial charge in [0.25, 0.3) is 0 Å². The van der Waals surface area contributed by atoms with E-state index in [1.807, 2.05) is 0 Å². The second kappa shape index (κ2) is 5.56. The molecule has 1 unspecified atom stereocenters. The van der Waals surface area contributed by atoms with Gasteiger partial charge in [-0.25, -0.2) is 9.59 Å². The monoisotopic (exact) mass is 259 g/mol. The molecule has 1 heterocycles. The number of carbonyl (C=O) groups excluding carboxylic acids is 1. The number of nitrogens with zero attached hydrogens (tertiary/aromatic N) is 1. The van der Waals surface area contributed by atoms with Gasteiger partial charge in [-0.3, -0.25) is 0 Å². The zero-order chi connectivity index (χ0) is 13.9. The van der Waals surface area contributed by atoms with Gasteiger partial charge in [0.2, 0.25) is 0 Å². The molecule has 2 atom stereocenters. The first-order valence-electron chi connectivity index (χ1n) is 6.05. The molecule has 0 aromatic heterocycles. The van der Waals surface area contributed by atoms with E-state index in [0.29, 0.717) is 19.5 Å². The smallest absolute Gasteiger partial charge is 0.407 e. The number of hydrogen-bond donors (Lipinski definition) is 1. The number of carbonyl (C=O) groups is 2. The highest BCUT2D eigenvalue weighted by Crippen LogP contribution is 2.16. The first-order chi connectivity index (χ1) is 8.19. The van der Waals surface area contributed by atoms with E-state index in [2.05, 4.69) is 0 Å². The molecule has 6 heteroatoms. The van der Waals surface area contributed by atoms with Crippen LogP contribution in [0.2, 0.25) is 0 Å². The number of likely N-dealkylation sites (tertiary alicyclic amines) is 1. The molecule has 1 aliphatic rings. The van der Waals surface area contributed by atoms with E-state index in [-0.39, 0.29) is 6.10 Å². The van der Waals surface area contributed by atoms with Gasteiger partial charge in [0.15, 0.2) is 6.10 Å². The Morgan fingerprint density at radius 2 is 2.00 bits per heavy atom. The molecule has 0 spiro atoms. The Morgan fingerprint density at radius 3 is 2.44 bits per heavy atom. The van der Waals surface area contributed by atoms with Gasteiger partial charge in [0, 0.05) is 6.54 Å². The van der Waals surface area contributed by atoms with Gasteiger partial charge in [-0.15, -0.1) is 0 Å². The van der Waals surface area contributed by atoms with Crippen LogP contribution in [0, 0.1) is 0 Å². The minimum atomic E-state index is -0.953. The quantitative estimate of drug-likeness (QED) is 0.777. The Morgan fingerprint density at radius 1 is 1.39 bits per heavy atom. The Kier molecular flexibility index (Phi) is 4.56. The summed E-state index contributed by atoms with van der Waals surface area (Å²) in [6, 6.07) is 0. The van der Waals surface area contributed by atoms with Gasteiger partial charge in [-0.1, -0.05) is 0 Å². The minimum Gasteiger partial charge on any atom is -0.465 e. The number of esters is 1. The molecule has 6 nitrogen and oxygen atoms in total. The molecule has 0 aliphatic carbocycles. The van der Waals surface area contributed by atoms with Crippen molar-refractivity contribution in [2.45, 2.75) is 51.9 Å². The molecular formula is C12H21NO5. The van der Waals surface area contributed by atoms with Gasteiger partial charge >= 0.3 is 12.1 Å². The van der Waals surface area contributed by atoms with E-state index in [0.717, 1.165) is 0 Å². The highest BCUT2D eigenvalue weighted by molar-refractivity contribution is 5.74. The zero-order valence-electron chi connectivity index (χ0n) is 11.3. The molecule has 0 aromatic carbocycles. The molecule has 1 saturated heterocycles. The highest BCUT2D eigenvalue weighted by atomic mass is 16.6.